The maximum Gasteiger partial charge on any atom is 0.258 e. The fraction of sp³-hybridized carbons (Fsp3) is 0.364. The van der Waals surface area contributed by atoms with Crippen LogP contribution >= 0.6 is 15.9 Å². The Kier molecular flexibility index (Phi) is 4.01. The molecule has 0 aliphatic carbocycles. The van der Waals surface area contributed by atoms with E-state index < -0.39 is 6.04 Å². The molecule has 102 valence electrons. The van der Waals surface area contributed by atoms with E-state index in [1.54, 1.807) is 13.0 Å². The molecule has 1 aromatic heterocycles. The fourth-order valence-electron chi connectivity index (χ4n) is 1.93. The van der Waals surface area contributed by atoms with Gasteiger partial charge in [0.25, 0.3) is 5.91 Å². The van der Waals surface area contributed by atoms with Gasteiger partial charge in [-0.1, -0.05) is 0 Å². The van der Waals surface area contributed by atoms with Gasteiger partial charge in [0.1, 0.15) is 6.04 Å². The molecule has 7 nitrogen and oxygen atoms in total. The van der Waals surface area contributed by atoms with E-state index in [2.05, 4.69) is 31.7 Å². The first kappa shape index (κ1) is 13.8. The SMILES string of the molecule is CC1C(=O)NCCN1C(=O)c1cc(Br)cnc1NN. The van der Waals surface area contributed by atoms with Crippen LogP contribution in [0.4, 0.5) is 5.82 Å². The van der Waals surface area contributed by atoms with E-state index in [4.69, 9.17) is 5.84 Å². The number of anilines is 1. The topological polar surface area (TPSA) is 100 Å². The van der Waals surface area contributed by atoms with Crippen LogP contribution in [-0.4, -0.2) is 40.8 Å². The van der Waals surface area contributed by atoms with Gasteiger partial charge in [-0.2, -0.15) is 0 Å². The van der Waals surface area contributed by atoms with E-state index in [0.29, 0.717) is 23.1 Å². The van der Waals surface area contributed by atoms with E-state index in [9.17, 15) is 9.59 Å². The summed E-state index contributed by atoms with van der Waals surface area (Å²) >= 11 is 3.26. The van der Waals surface area contributed by atoms with Crippen LogP contribution in [0.1, 0.15) is 17.3 Å². The minimum Gasteiger partial charge on any atom is -0.353 e. The number of nitrogens with two attached hydrogens (primary N) is 1. The molecule has 1 unspecified atom stereocenters. The van der Waals surface area contributed by atoms with Crippen LogP contribution in [0.3, 0.4) is 0 Å². The van der Waals surface area contributed by atoms with Crippen molar-refractivity contribution in [2.45, 2.75) is 13.0 Å². The highest BCUT2D eigenvalue weighted by atomic mass is 79.9. The Hall–Kier alpha value is -1.67. The maximum atomic E-state index is 12.5. The minimum atomic E-state index is -0.508. The van der Waals surface area contributed by atoms with Crippen molar-refractivity contribution < 1.29 is 9.59 Å². The molecule has 1 saturated heterocycles. The Morgan fingerprint density at radius 3 is 3.11 bits per heavy atom. The number of hydrogen-bond donors (Lipinski definition) is 3. The molecule has 2 rings (SSSR count). The van der Waals surface area contributed by atoms with Crippen LogP contribution in [0.15, 0.2) is 16.7 Å². The summed E-state index contributed by atoms with van der Waals surface area (Å²) in [5.41, 5.74) is 2.72. The molecule has 19 heavy (non-hydrogen) atoms. The highest BCUT2D eigenvalue weighted by Gasteiger charge is 2.31. The second-order valence-electron chi connectivity index (χ2n) is 4.16. The molecule has 1 aliphatic rings. The fourth-order valence-corrected chi connectivity index (χ4v) is 2.26. The third kappa shape index (κ3) is 2.69. The number of piperazine rings is 1. The molecule has 1 atom stereocenters. The lowest BCUT2D eigenvalue weighted by Gasteiger charge is -2.33. The Morgan fingerprint density at radius 1 is 1.68 bits per heavy atom. The summed E-state index contributed by atoms with van der Waals surface area (Å²) in [6, 6.07) is 1.12. The number of hydrogen-bond acceptors (Lipinski definition) is 5. The van der Waals surface area contributed by atoms with Gasteiger partial charge in [-0.3, -0.25) is 9.59 Å². The highest BCUT2D eigenvalue weighted by molar-refractivity contribution is 9.10. The van der Waals surface area contributed by atoms with Crippen LogP contribution in [0.2, 0.25) is 0 Å². The van der Waals surface area contributed by atoms with Crippen LogP contribution in [-0.2, 0) is 4.79 Å². The lowest BCUT2D eigenvalue weighted by Crippen LogP contribution is -2.55. The first-order valence-electron chi connectivity index (χ1n) is 5.75. The number of aromatic nitrogens is 1. The summed E-state index contributed by atoms with van der Waals surface area (Å²) in [5, 5.41) is 2.71. The molecule has 4 N–H and O–H groups in total. The van der Waals surface area contributed by atoms with Gasteiger partial charge < -0.3 is 15.6 Å². The Balaban J connectivity index is 2.33. The normalized spacial score (nSPS) is 19.0. The maximum absolute atomic E-state index is 12.5. The molecular formula is C11H14BrN5O2. The summed E-state index contributed by atoms with van der Waals surface area (Å²) < 4.78 is 0.670. The van der Waals surface area contributed by atoms with Gasteiger partial charge in [-0.25, -0.2) is 10.8 Å². The predicted molar refractivity (Wildman–Crippen MR) is 73.3 cm³/mol. The first-order valence-corrected chi connectivity index (χ1v) is 6.54. The largest absolute Gasteiger partial charge is 0.353 e. The molecular weight excluding hydrogens is 314 g/mol. The summed E-state index contributed by atoms with van der Waals surface area (Å²) in [7, 11) is 0. The van der Waals surface area contributed by atoms with Gasteiger partial charge in [0.05, 0.1) is 5.56 Å². The zero-order valence-electron chi connectivity index (χ0n) is 10.3. The van der Waals surface area contributed by atoms with Crippen molar-refractivity contribution in [3.63, 3.8) is 0 Å². The second-order valence-corrected chi connectivity index (χ2v) is 5.08. The van der Waals surface area contributed by atoms with Crippen molar-refractivity contribution in [3.8, 4) is 0 Å². The zero-order chi connectivity index (χ0) is 14.0. The van der Waals surface area contributed by atoms with Crippen LogP contribution in [0.25, 0.3) is 0 Å². The van der Waals surface area contributed by atoms with Gasteiger partial charge in [0.2, 0.25) is 5.91 Å². The zero-order valence-corrected chi connectivity index (χ0v) is 11.9. The standard InChI is InChI=1S/C11H14BrN5O2/c1-6-10(18)14-2-3-17(6)11(19)8-4-7(12)5-15-9(8)16-13/h4-6H,2-3,13H2,1H3,(H,14,18)(H,15,16). The monoisotopic (exact) mass is 327 g/mol. The summed E-state index contributed by atoms with van der Waals surface area (Å²) in [5.74, 6) is 5.20. The van der Waals surface area contributed by atoms with Crippen LogP contribution in [0.5, 0.6) is 0 Å². The number of rotatable bonds is 2. The van der Waals surface area contributed by atoms with E-state index >= 15 is 0 Å². The number of carbonyl (C=O) groups excluding carboxylic acids is 2. The average molecular weight is 328 g/mol. The van der Waals surface area contributed by atoms with Gasteiger partial charge in [0, 0.05) is 23.8 Å². The predicted octanol–water partition coefficient (Wildman–Crippen LogP) is 0.0902. The quantitative estimate of drug-likeness (QED) is 0.528. The van der Waals surface area contributed by atoms with Gasteiger partial charge in [0.15, 0.2) is 5.82 Å². The molecule has 0 radical (unpaired) electrons. The molecule has 2 heterocycles. The third-order valence-corrected chi connectivity index (χ3v) is 3.41. The smallest absolute Gasteiger partial charge is 0.258 e. The lowest BCUT2D eigenvalue weighted by atomic mass is 10.1. The Bertz CT molecular complexity index is 522. The van der Waals surface area contributed by atoms with Crippen molar-refractivity contribution >= 4 is 33.6 Å². The van der Waals surface area contributed by atoms with Crippen molar-refractivity contribution in [1.82, 2.24) is 15.2 Å². The molecule has 1 aliphatic heterocycles. The summed E-state index contributed by atoms with van der Waals surface area (Å²) in [4.78, 5) is 29.6. The van der Waals surface area contributed by atoms with Crippen molar-refractivity contribution in [2.24, 2.45) is 5.84 Å². The molecule has 1 aromatic rings. The Labute approximate surface area is 118 Å². The number of nitrogens with one attached hydrogen (secondary N) is 2. The lowest BCUT2D eigenvalue weighted by molar-refractivity contribution is -0.127. The first-order chi connectivity index (χ1) is 9.04. The van der Waals surface area contributed by atoms with Crippen molar-refractivity contribution in [3.05, 3.63) is 22.3 Å². The number of amides is 2. The van der Waals surface area contributed by atoms with Gasteiger partial charge in [-0.15, -0.1) is 0 Å². The van der Waals surface area contributed by atoms with Crippen molar-refractivity contribution in [2.75, 3.05) is 18.5 Å². The highest BCUT2D eigenvalue weighted by Crippen LogP contribution is 2.20. The molecule has 0 saturated carbocycles. The van der Waals surface area contributed by atoms with Crippen LogP contribution in [0, 0.1) is 0 Å². The summed E-state index contributed by atoms with van der Waals surface area (Å²) in [6.45, 7) is 2.59. The number of nitrogens with zero attached hydrogens (tertiary/aromatic N) is 2. The van der Waals surface area contributed by atoms with E-state index in [-0.39, 0.29) is 17.6 Å². The van der Waals surface area contributed by atoms with Crippen LogP contribution < -0.4 is 16.6 Å². The van der Waals surface area contributed by atoms with E-state index in [0.717, 1.165) is 0 Å². The van der Waals surface area contributed by atoms with E-state index in [1.807, 2.05) is 0 Å². The van der Waals surface area contributed by atoms with E-state index in [1.165, 1.54) is 11.1 Å². The number of halogens is 1. The number of nitrogen functional groups attached to an aromatic ring is 1. The molecule has 2 amide bonds. The molecule has 0 bridgehead atoms. The molecule has 8 heteroatoms. The molecule has 0 spiro atoms. The Morgan fingerprint density at radius 2 is 2.42 bits per heavy atom. The molecule has 0 aromatic carbocycles. The van der Waals surface area contributed by atoms with Gasteiger partial charge >= 0.3 is 0 Å². The number of hydrazine groups is 1. The average Bonchev–Trinajstić information content (AvgIpc) is 2.41. The van der Waals surface area contributed by atoms with Gasteiger partial charge in [-0.05, 0) is 28.9 Å². The minimum absolute atomic E-state index is 0.162. The summed E-state index contributed by atoms with van der Waals surface area (Å²) in [6.07, 6.45) is 1.54. The second kappa shape index (κ2) is 5.54. The van der Waals surface area contributed by atoms with Crippen molar-refractivity contribution in [1.29, 1.82) is 0 Å². The number of pyridine rings is 1. The third-order valence-electron chi connectivity index (χ3n) is 2.98. The number of carbonyl (C=O) groups is 2. The molecule has 1 fully saturated rings.